The van der Waals surface area contributed by atoms with Crippen LogP contribution in [-0.4, -0.2) is 66.9 Å². The first-order valence-corrected chi connectivity index (χ1v) is 11.3. The van der Waals surface area contributed by atoms with Gasteiger partial charge < -0.3 is 14.5 Å². The van der Waals surface area contributed by atoms with Gasteiger partial charge in [0, 0.05) is 25.7 Å². The van der Waals surface area contributed by atoms with Crippen LogP contribution in [0.1, 0.15) is 30.0 Å². The second-order valence-electron chi connectivity index (χ2n) is 9.18. The lowest BCUT2D eigenvalue weighted by atomic mass is 9.86. The summed E-state index contributed by atoms with van der Waals surface area (Å²) in [5, 5.41) is 6.37. The van der Waals surface area contributed by atoms with E-state index in [2.05, 4.69) is 11.9 Å². The minimum Gasteiger partial charge on any atom is -0.492 e. The molecular weight excluding hydrogens is 407 g/mol. The molecule has 1 unspecified atom stereocenters. The third-order valence-corrected chi connectivity index (χ3v) is 6.77. The predicted molar refractivity (Wildman–Crippen MR) is 121 cm³/mol. The molecule has 2 aromatic carbocycles. The number of likely N-dealkylation sites (tertiary alicyclic amines) is 1. The maximum Gasteiger partial charge on any atom is 0.340 e. The first-order chi connectivity index (χ1) is 15.5. The Kier molecular flexibility index (Phi) is 5.59. The number of halogens is 1. The van der Waals surface area contributed by atoms with Crippen LogP contribution in [0.2, 0.25) is 0 Å². The molecule has 0 N–H and O–H groups in total. The van der Waals surface area contributed by atoms with E-state index in [-0.39, 0.29) is 23.8 Å². The van der Waals surface area contributed by atoms with Gasteiger partial charge in [-0.3, -0.25) is 0 Å². The SMILES string of the molecule is CN1CCCC(CN(C)C(=O)N2N=C3c4cc(F)ccc4OC[C@@H]3[C@H]2c2ccccc2)C1. The van der Waals surface area contributed by atoms with Crippen LogP contribution in [0.4, 0.5) is 9.18 Å². The standard InChI is InChI=1S/C25H29FN4O2/c1-28-12-6-7-17(14-28)15-29(2)25(31)30-24(18-8-4-3-5-9-18)21-16-32-22-11-10-19(26)13-20(22)23(21)27-30/h3-5,8-11,13,17,21,24H,6-7,12,14-16H2,1-2H3/t17?,21-,24+/m0/s1. The van der Waals surface area contributed by atoms with Crippen molar-refractivity contribution in [2.75, 3.05) is 40.3 Å². The highest BCUT2D eigenvalue weighted by Gasteiger charge is 2.46. The minimum absolute atomic E-state index is 0.132. The molecule has 2 amide bonds. The van der Waals surface area contributed by atoms with Crippen molar-refractivity contribution in [3.8, 4) is 5.75 Å². The highest BCUT2D eigenvalue weighted by atomic mass is 19.1. The molecule has 7 heteroatoms. The molecule has 1 saturated heterocycles. The fraction of sp³-hybridized carbons (Fsp3) is 0.440. The molecule has 1 fully saturated rings. The molecule has 0 bridgehead atoms. The van der Waals surface area contributed by atoms with E-state index in [1.54, 1.807) is 16.0 Å². The molecule has 32 heavy (non-hydrogen) atoms. The Labute approximate surface area is 188 Å². The molecule has 5 rings (SSSR count). The maximum absolute atomic E-state index is 14.0. The first-order valence-electron chi connectivity index (χ1n) is 11.3. The number of piperidine rings is 1. The number of fused-ring (bicyclic) bond motifs is 3. The van der Waals surface area contributed by atoms with Crippen LogP contribution in [0.5, 0.6) is 5.75 Å². The number of nitrogens with zero attached hydrogens (tertiary/aromatic N) is 4. The first kappa shape index (κ1) is 20.9. The quantitative estimate of drug-likeness (QED) is 0.731. The van der Waals surface area contributed by atoms with Crippen molar-refractivity contribution in [1.29, 1.82) is 0 Å². The molecular formula is C25H29FN4O2. The molecule has 3 aliphatic rings. The van der Waals surface area contributed by atoms with Gasteiger partial charge in [-0.2, -0.15) is 5.10 Å². The maximum atomic E-state index is 14.0. The van der Waals surface area contributed by atoms with Crippen molar-refractivity contribution >= 4 is 11.7 Å². The fourth-order valence-electron chi connectivity index (χ4n) is 5.25. The summed E-state index contributed by atoms with van der Waals surface area (Å²) < 4.78 is 20.0. The van der Waals surface area contributed by atoms with Crippen LogP contribution < -0.4 is 4.74 Å². The molecule has 2 aromatic rings. The largest absolute Gasteiger partial charge is 0.492 e. The lowest BCUT2D eigenvalue weighted by Gasteiger charge is -2.35. The molecule has 0 radical (unpaired) electrons. The second kappa shape index (κ2) is 8.54. The molecule has 168 valence electrons. The monoisotopic (exact) mass is 436 g/mol. The number of urea groups is 1. The highest BCUT2D eigenvalue weighted by molar-refractivity contribution is 6.07. The van der Waals surface area contributed by atoms with Gasteiger partial charge in [0.25, 0.3) is 0 Å². The van der Waals surface area contributed by atoms with Gasteiger partial charge in [-0.15, -0.1) is 0 Å². The zero-order valence-electron chi connectivity index (χ0n) is 18.6. The minimum atomic E-state index is -0.338. The van der Waals surface area contributed by atoms with E-state index < -0.39 is 0 Å². The van der Waals surface area contributed by atoms with Gasteiger partial charge in [-0.25, -0.2) is 14.2 Å². The number of hydrogen-bond acceptors (Lipinski definition) is 4. The van der Waals surface area contributed by atoms with E-state index >= 15 is 0 Å². The Morgan fingerprint density at radius 3 is 2.84 bits per heavy atom. The number of carbonyl (C=O) groups is 1. The van der Waals surface area contributed by atoms with Crippen molar-refractivity contribution in [2.24, 2.45) is 16.9 Å². The average Bonchev–Trinajstić information content (AvgIpc) is 3.19. The van der Waals surface area contributed by atoms with Gasteiger partial charge in [0.1, 0.15) is 11.6 Å². The summed E-state index contributed by atoms with van der Waals surface area (Å²) in [6.07, 6.45) is 2.28. The molecule has 0 saturated carbocycles. The second-order valence-corrected chi connectivity index (χ2v) is 9.18. The summed E-state index contributed by atoms with van der Waals surface area (Å²) in [4.78, 5) is 17.7. The molecule has 3 heterocycles. The van der Waals surface area contributed by atoms with Gasteiger partial charge in [-0.1, -0.05) is 30.3 Å². The van der Waals surface area contributed by atoms with Crippen molar-refractivity contribution in [1.82, 2.24) is 14.8 Å². The molecule has 3 aliphatic heterocycles. The number of carbonyl (C=O) groups excluding carboxylic acids is 1. The molecule has 6 nitrogen and oxygen atoms in total. The van der Waals surface area contributed by atoms with Crippen LogP contribution in [0.3, 0.4) is 0 Å². The smallest absolute Gasteiger partial charge is 0.340 e. The van der Waals surface area contributed by atoms with Crippen LogP contribution in [0.25, 0.3) is 0 Å². The van der Waals surface area contributed by atoms with Crippen LogP contribution >= 0.6 is 0 Å². The van der Waals surface area contributed by atoms with Crippen molar-refractivity contribution in [2.45, 2.75) is 18.9 Å². The number of rotatable bonds is 3. The van der Waals surface area contributed by atoms with E-state index in [0.717, 1.165) is 37.2 Å². The third kappa shape index (κ3) is 3.86. The van der Waals surface area contributed by atoms with Crippen LogP contribution in [0.15, 0.2) is 53.6 Å². The predicted octanol–water partition coefficient (Wildman–Crippen LogP) is 3.99. The summed E-state index contributed by atoms with van der Waals surface area (Å²) in [5.41, 5.74) is 2.35. The Morgan fingerprint density at radius 2 is 2.06 bits per heavy atom. The Balaban J connectivity index is 1.46. The van der Waals surface area contributed by atoms with Crippen molar-refractivity contribution in [3.63, 3.8) is 0 Å². The van der Waals surface area contributed by atoms with E-state index in [1.165, 1.54) is 12.1 Å². The number of amides is 2. The van der Waals surface area contributed by atoms with E-state index in [0.29, 0.717) is 30.4 Å². The van der Waals surface area contributed by atoms with Gasteiger partial charge in [0.2, 0.25) is 0 Å². The van der Waals surface area contributed by atoms with E-state index in [1.807, 2.05) is 37.4 Å². The molecule has 0 aliphatic carbocycles. The van der Waals surface area contributed by atoms with E-state index in [4.69, 9.17) is 9.84 Å². The summed E-state index contributed by atoms with van der Waals surface area (Å²) in [6, 6.07) is 14.0. The highest BCUT2D eigenvalue weighted by Crippen LogP contribution is 2.43. The fourth-order valence-corrected chi connectivity index (χ4v) is 5.25. The van der Waals surface area contributed by atoms with Gasteiger partial charge in [0.05, 0.1) is 24.3 Å². The normalized spacial score (nSPS) is 24.9. The lowest BCUT2D eigenvalue weighted by Crippen LogP contribution is -2.45. The lowest BCUT2D eigenvalue weighted by molar-refractivity contribution is 0.118. The zero-order valence-corrected chi connectivity index (χ0v) is 18.6. The van der Waals surface area contributed by atoms with Crippen molar-refractivity contribution < 1.29 is 13.9 Å². The Hall–Kier alpha value is -2.93. The number of benzene rings is 2. The number of ether oxygens (including phenoxy) is 1. The van der Waals surface area contributed by atoms with Gasteiger partial charge >= 0.3 is 6.03 Å². The molecule has 3 atom stereocenters. The summed E-state index contributed by atoms with van der Waals surface area (Å²) in [7, 11) is 3.98. The topological polar surface area (TPSA) is 48.4 Å². The van der Waals surface area contributed by atoms with Crippen LogP contribution in [-0.2, 0) is 0 Å². The van der Waals surface area contributed by atoms with Gasteiger partial charge in [0.15, 0.2) is 0 Å². The Morgan fingerprint density at radius 1 is 1.25 bits per heavy atom. The summed E-state index contributed by atoms with van der Waals surface area (Å²) >= 11 is 0. The summed E-state index contributed by atoms with van der Waals surface area (Å²) in [6.45, 7) is 3.20. The Bertz CT molecular complexity index is 1030. The van der Waals surface area contributed by atoms with Crippen molar-refractivity contribution in [3.05, 3.63) is 65.5 Å². The molecule has 0 aromatic heterocycles. The average molecular weight is 437 g/mol. The van der Waals surface area contributed by atoms with Gasteiger partial charge in [-0.05, 0) is 56.1 Å². The van der Waals surface area contributed by atoms with E-state index in [9.17, 15) is 9.18 Å². The molecule has 0 spiro atoms. The third-order valence-electron chi connectivity index (χ3n) is 6.77. The summed E-state index contributed by atoms with van der Waals surface area (Å²) in [5.74, 6) is 0.579. The number of hydrogen-bond donors (Lipinski definition) is 0. The number of hydrazone groups is 1. The van der Waals surface area contributed by atoms with Crippen LogP contribution in [0, 0.1) is 17.7 Å². The zero-order chi connectivity index (χ0) is 22.2.